The molecule has 1 aliphatic carbocycles. The van der Waals surface area contributed by atoms with Crippen LogP contribution in [0.1, 0.15) is 38.2 Å². The highest BCUT2D eigenvalue weighted by atomic mass is 16.5. The molecule has 0 amide bonds. The normalized spacial score (nSPS) is 16.9. The molecule has 1 aromatic carbocycles. The smallest absolute Gasteiger partial charge is 0.0703 e. The van der Waals surface area contributed by atoms with Gasteiger partial charge in [-0.05, 0) is 24.8 Å². The van der Waals surface area contributed by atoms with Crippen LogP contribution in [0.5, 0.6) is 0 Å². The molecule has 1 atom stereocenters. The Morgan fingerprint density at radius 1 is 1.32 bits per heavy atom. The van der Waals surface area contributed by atoms with E-state index in [-0.39, 0.29) is 0 Å². The fourth-order valence-electron chi connectivity index (χ4n) is 2.09. The second-order valence-electron chi connectivity index (χ2n) is 5.24. The molecule has 0 heterocycles. The molecule has 0 saturated heterocycles. The van der Waals surface area contributed by atoms with Gasteiger partial charge in [-0.15, -0.1) is 0 Å². The molecule has 1 aromatic rings. The average molecular weight is 259 g/mol. The van der Waals surface area contributed by atoms with Crippen molar-refractivity contribution in [3.63, 3.8) is 0 Å². The van der Waals surface area contributed by atoms with Gasteiger partial charge in [-0.3, -0.25) is 0 Å². The van der Waals surface area contributed by atoms with Gasteiger partial charge in [-0.2, -0.15) is 0 Å². The molecule has 104 valence electrons. The van der Waals surface area contributed by atoms with Crippen LogP contribution in [0, 0.1) is 0 Å². The monoisotopic (exact) mass is 259 g/mol. The van der Waals surface area contributed by atoms with E-state index in [0.29, 0.717) is 12.7 Å². The van der Waals surface area contributed by atoms with Crippen molar-refractivity contribution in [2.24, 2.45) is 0 Å². The Labute approximate surface area is 116 Å². The lowest BCUT2D eigenvalue weighted by molar-refractivity contribution is 0.0670. The summed E-state index contributed by atoms with van der Waals surface area (Å²) in [6, 6.07) is 11.1. The maximum Gasteiger partial charge on any atom is 0.0703 e. The second-order valence-corrected chi connectivity index (χ2v) is 5.24. The van der Waals surface area contributed by atoms with Gasteiger partial charge in [-0.25, -0.2) is 0 Å². The first-order chi connectivity index (χ1) is 9.38. The highest BCUT2D eigenvalue weighted by Crippen LogP contribution is 2.18. The molecule has 0 spiro atoms. The minimum Gasteiger partial charge on any atom is -0.373 e. The third-order valence-corrected chi connectivity index (χ3v) is 3.36. The Bertz CT molecular complexity index is 370. The van der Waals surface area contributed by atoms with Crippen LogP contribution >= 0.6 is 0 Å². The van der Waals surface area contributed by atoms with E-state index < -0.39 is 0 Å². The Morgan fingerprint density at radius 3 is 2.79 bits per heavy atom. The van der Waals surface area contributed by atoms with Gasteiger partial charge in [0.1, 0.15) is 0 Å². The van der Waals surface area contributed by atoms with E-state index in [2.05, 4.69) is 48.7 Å². The Kier molecular flexibility index (Phi) is 6.12. The highest BCUT2D eigenvalue weighted by molar-refractivity contribution is 5.48. The minimum absolute atomic E-state index is 0.353. The van der Waals surface area contributed by atoms with E-state index in [1.165, 1.54) is 24.8 Å². The largest absolute Gasteiger partial charge is 0.373 e. The van der Waals surface area contributed by atoms with E-state index in [4.69, 9.17) is 4.74 Å². The molecule has 0 aliphatic heterocycles. The Hall–Kier alpha value is -1.12. The van der Waals surface area contributed by atoms with Gasteiger partial charge < -0.3 is 10.1 Å². The second kappa shape index (κ2) is 8.13. The van der Waals surface area contributed by atoms with Crippen LogP contribution in [-0.4, -0.2) is 25.3 Å². The summed E-state index contributed by atoms with van der Waals surface area (Å²) >= 11 is 0. The zero-order valence-electron chi connectivity index (χ0n) is 11.8. The molecule has 2 heteroatoms. The zero-order chi connectivity index (χ0) is 13.3. The first kappa shape index (κ1) is 14.3. The molecule has 1 aliphatic rings. The van der Waals surface area contributed by atoms with Crippen molar-refractivity contribution in [3.05, 3.63) is 42.0 Å². The summed E-state index contributed by atoms with van der Waals surface area (Å²) in [5.41, 5.74) is 1.23. The minimum atomic E-state index is 0.353. The lowest BCUT2D eigenvalue weighted by atomic mass is 10.2. The molecule has 0 aromatic heterocycles. The summed E-state index contributed by atoms with van der Waals surface area (Å²) in [6.45, 7) is 3.91. The summed E-state index contributed by atoms with van der Waals surface area (Å²) in [5.74, 6) is 0. The summed E-state index contributed by atoms with van der Waals surface area (Å²) < 4.78 is 5.93. The topological polar surface area (TPSA) is 21.3 Å². The van der Waals surface area contributed by atoms with Crippen LogP contribution in [0.4, 0.5) is 0 Å². The molecule has 0 radical (unpaired) electrons. The lowest BCUT2D eigenvalue weighted by Gasteiger charge is -2.16. The van der Waals surface area contributed by atoms with Crippen molar-refractivity contribution in [1.29, 1.82) is 0 Å². The van der Waals surface area contributed by atoms with Gasteiger partial charge in [0.05, 0.1) is 12.7 Å². The van der Waals surface area contributed by atoms with E-state index in [1.807, 2.05) is 6.07 Å². The molecular formula is C17H25NO. The fourth-order valence-corrected chi connectivity index (χ4v) is 2.09. The summed E-state index contributed by atoms with van der Waals surface area (Å²) in [5, 5.41) is 3.55. The highest BCUT2D eigenvalue weighted by Gasteiger charge is 2.21. The summed E-state index contributed by atoms with van der Waals surface area (Å²) in [4.78, 5) is 0. The molecule has 2 rings (SSSR count). The van der Waals surface area contributed by atoms with Gasteiger partial charge in [0.25, 0.3) is 0 Å². The maximum absolute atomic E-state index is 5.93. The van der Waals surface area contributed by atoms with Gasteiger partial charge in [0.15, 0.2) is 0 Å². The van der Waals surface area contributed by atoms with Crippen LogP contribution < -0.4 is 5.32 Å². The molecular weight excluding hydrogens is 234 g/mol. The van der Waals surface area contributed by atoms with Crippen LogP contribution in [0.3, 0.4) is 0 Å². The molecule has 19 heavy (non-hydrogen) atoms. The zero-order valence-corrected chi connectivity index (χ0v) is 11.8. The van der Waals surface area contributed by atoms with Crippen molar-refractivity contribution >= 4 is 6.08 Å². The number of nitrogens with one attached hydrogen (secondary N) is 1. The van der Waals surface area contributed by atoms with Crippen LogP contribution in [-0.2, 0) is 4.74 Å². The van der Waals surface area contributed by atoms with E-state index in [0.717, 1.165) is 19.0 Å². The fraction of sp³-hybridized carbons (Fsp3) is 0.529. The lowest BCUT2D eigenvalue weighted by Crippen LogP contribution is -2.30. The van der Waals surface area contributed by atoms with Crippen molar-refractivity contribution in [3.8, 4) is 0 Å². The van der Waals surface area contributed by atoms with Gasteiger partial charge >= 0.3 is 0 Å². The molecule has 1 unspecified atom stereocenters. The predicted molar refractivity (Wildman–Crippen MR) is 81.1 cm³/mol. The van der Waals surface area contributed by atoms with Crippen LogP contribution in [0.25, 0.3) is 6.08 Å². The van der Waals surface area contributed by atoms with Crippen molar-refractivity contribution in [2.75, 3.05) is 13.2 Å². The standard InChI is InChI=1S/C17H25NO/c1-2-7-17(14-18-16-11-12-16)19-13-6-10-15-8-4-3-5-9-15/h3-6,8-10,16-18H,2,7,11-14H2,1H3/b10-6+. The average Bonchev–Trinajstić information content (AvgIpc) is 3.26. The number of hydrogen-bond donors (Lipinski definition) is 1. The predicted octanol–water partition coefficient (Wildman–Crippen LogP) is 3.64. The number of hydrogen-bond acceptors (Lipinski definition) is 2. The first-order valence-electron chi connectivity index (χ1n) is 7.45. The van der Waals surface area contributed by atoms with Crippen molar-refractivity contribution < 1.29 is 4.74 Å². The molecule has 1 N–H and O–H groups in total. The first-order valence-corrected chi connectivity index (χ1v) is 7.45. The number of benzene rings is 1. The van der Waals surface area contributed by atoms with Gasteiger partial charge in [0.2, 0.25) is 0 Å². The summed E-state index contributed by atoms with van der Waals surface area (Å²) in [6.07, 6.45) is 9.58. The Morgan fingerprint density at radius 2 is 2.11 bits per heavy atom. The molecule has 0 bridgehead atoms. The Balaban J connectivity index is 1.67. The van der Waals surface area contributed by atoms with E-state index in [1.54, 1.807) is 0 Å². The summed E-state index contributed by atoms with van der Waals surface area (Å²) in [7, 11) is 0. The molecule has 1 saturated carbocycles. The number of ether oxygens (including phenoxy) is 1. The van der Waals surface area contributed by atoms with Crippen LogP contribution in [0.15, 0.2) is 36.4 Å². The van der Waals surface area contributed by atoms with Crippen LogP contribution in [0.2, 0.25) is 0 Å². The van der Waals surface area contributed by atoms with Gasteiger partial charge in [0, 0.05) is 12.6 Å². The third kappa shape index (κ3) is 6.04. The van der Waals surface area contributed by atoms with E-state index >= 15 is 0 Å². The van der Waals surface area contributed by atoms with Gasteiger partial charge in [-0.1, -0.05) is 55.8 Å². The quantitative estimate of drug-likeness (QED) is 0.731. The molecule has 1 fully saturated rings. The maximum atomic E-state index is 5.93. The molecule has 2 nitrogen and oxygen atoms in total. The van der Waals surface area contributed by atoms with E-state index in [9.17, 15) is 0 Å². The van der Waals surface area contributed by atoms with Crippen molar-refractivity contribution in [1.82, 2.24) is 5.32 Å². The number of rotatable bonds is 9. The third-order valence-electron chi connectivity index (χ3n) is 3.36. The van der Waals surface area contributed by atoms with Crippen molar-refractivity contribution in [2.45, 2.75) is 44.8 Å². The SMILES string of the molecule is CCCC(CNC1CC1)OC/C=C/c1ccccc1.